The Hall–Kier alpha value is -2.09. The average Bonchev–Trinajstić information content (AvgIpc) is 2.47. The largest absolute Gasteiger partial charge is 0.481 e. The van der Waals surface area contributed by atoms with Gasteiger partial charge >= 0.3 is 5.97 Å². The summed E-state index contributed by atoms with van der Waals surface area (Å²) in [5, 5.41) is 9.09. The molecule has 1 N–H and O–H groups in total. The summed E-state index contributed by atoms with van der Waals surface area (Å²) < 4.78 is 0. The molecule has 0 bridgehead atoms. The van der Waals surface area contributed by atoms with Crippen molar-refractivity contribution in [2.24, 2.45) is 0 Å². The van der Waals surface area contributed by atoms with E-state index in [0.717, 1.165) is 12.0 Å². The molecule has 2 rings (SSSR count). The Bertz CT molecular complexity index is 575. The van der Waals surface area contributed by atoms with Crippen LogP contribution in [0, 0.1) is 0 Å². The molecule has 0 saturated carbocycles. The molecule has 20 heavy (non-hydrogen) atoms. The van der Waals surface area contributed by atoms with E-state index in [2.05, 4.69) is 37.3 Å². The third-order valence-electron chi connectivity index (χ3n) is 3.73. The number of carboxylic acids is 1. The summed E-state index contributed by atoms with van der Waals surface area (Å²) in [6, 6.07) is 18.3. The Morgan fingerprint density at radius 3 is 2.30 bits per heavy atom. The smallest absolute Gasteiger partial charge is 0.310 e. The molecule has 2 aromatic carbocycles. The molecule has 2 atom stereocenters. The lowest BCUT2D eigenvalue weighted by Crippen LogP contribution is -2.08. The monoisotopic (exact) mass is 268 g/mol. The first kappa shape index (κ1) is 14.3. The molecule has 0 aliphatic rings. The first-order valence-electron chi connectivity index (χ1n) is 6.94. The van der Waals surface area contributed by atoms with E-state index in [-0.39, 0.29) is 0 Å². The molecule has 0 aliphatic heterocycles. The third kappa shape index (κ3) is 3.47. The minimum atomic E-state index is -0.779. The second-order valence-corrected chi connectivity index (χ2v) is 5.32. The standard InChI is InChI=1S/C18H20O2/c1-13(16-8-4-3-5-9-16)11-15-7-6-10-17(12-15)14(2)18(19)20/h3-10,12-14H,11H2,1-2H3,(H,19,20)/t13-,14+/m1/s1. The van der Waals surface area contributed by atoms with Crippen molar-refractivity contribution >= 4 is 5.97 Å². The van der Waals surface area contributed by atoms with Gasteiger partial charge in [0.15, 0.2) is 0 Å². The van der Waals surface area contributed by atoms with Crippen LogP contribution in [0.25, 0.3) is 0 Å². The van der Waals surface area contributed by atoms with Gasteiger partial charge in [0.25, 0.3) is 0 Å². The fourth-order valence-electron chi connectivity index (χ4n) is 2.38. The highest BCUT2D eigenvalue weighted by Crippen LogP contribution is 2.23. The Morgan fingerprint density at radius 2 is 1.65 bits per heavy atom. The Morgan fingerprint density at radius 1 is 1.00 bits per heavy atom. The molecule has 0 heterocycles. The van der Waals surface area contributed by atoms with E-state index in [0.29, 0.717) is 5.92 Å². The van der Waals surface area contributed by atoms with Gasteiger partial charge in [0.05, 0.1) is 5.92 Å². The van der Waals surface area contributed by atoms with Crippen molar-refractivity contribution in [1.82, 2.24) is 0 Å². The summed E-state index contributed by atoms with van der Waals surface area (Å²) in [6.45, 7) is 3.92. The number of benzene rings is 2. The normalized spacial score (nSPS) is 13.7. The maximum absolute atomic E-state index is 11.1. The lowest BCUT2D eigenvalue weighted by molar-refractivity contribution is -0.138. The highest BCUT2D eigenvalue weighted by atomic mass is 16.4. The molecule has 0 radical (unpaired) electrons. The van der Waals surface area contributed by atoms with Crippen molar-refractivity contribution in [2.45, 2.75) is 32.1 Å². The van der Waals surface area contributed by atoms with Gasteiger partial charge in [0.1, 0.15) is 0 Å². The van der Waals surface area contributed by atoms with Crippen LogP contribution in [0.5, 0.6) is 0 Å². The molecule has 0 unspecified atom stereocenters. The SMILES string of the molecule is C[C@H](Cc1cccc([C@H](C)C(=O)O)c1)c1ccccc1. The highest BCUT2D eigenvalue weighted by molar-refractivity contribution is 5.75. The molecule has 104 valence electrons. The number of aliphatic carboxylic acids is 1. The van der Waals surface area contributed by atoms with Crippen LogP contribution >= 0.6 is 0 Å². The zero-order chi connectivity index (χ0) is 14.5. The maximum atomic E-state index is 11.1. The Kier molecular flexibility index (Phi) is 4.57. The van der Waals surface area contributed by atoms with Crippen LogP contribution in [-0.2, 0) is 11.2 Å². The zero-order valence-corrected chi connectivity index (χ0v) is 11.9. The average molecular weight is 268 g/mol. The molecule has 0 amide bonds. The second-order valence-electron chi connectivity index (χ2n) is 5.32. The van der Waals surface area contributed by atoms with Crippen molar-refractivity contribution in [1.29, 1.82) is 0 Å². The van der Waals surface area contributed by atoms with Gasteiger partial charge in [-0.3, -0.25) is 4.79 Å². The second kappa shape index (κ2) is 6.38. The van der Waals surface area contributed by atoms with Crippen LogP contribution in [0.4, 0.5) is 0 Å². The summed E-state index contributed by atoms with van der Waals surface area (Å²) in [7, 11) is 0. The summed E-state index contributed by atoms with van der Waals surface area (Å²) >= 11 is 0. The number of rotatable bonds is 5. The Labute approximate surface area is 120 Å². The predicted molar refractivity (Wildman–Crippen MR) is 81.1 cm³/mol. The van der Waals surface area contributed by atoms with Crippen molar-refractivity contribution < 1.29 is 9.90 Å². The zero-order valence-electron chi connectivity index (χ0n) is 11.9. The van der Waals surface area contributed by atoms with Gasteiger partial charge in [-0.2, -0.15) is 0 Å². The lowest BCUT2D eigenvalue weighted by Gasteiger charge is -2.14. The summed E-state index contributed by atoms with van der Waals surface area (Å²) in [5.74, 6) is -0.813. The summed E-state index contributed by atoms with van der Waals surface area (Å²) in [6.07, 6.45) is 0.921. The minimum absolute atomic E-state index is 0.423. The molecule has 0 fully saturated rings. The number of hydrogen-bond donors (Lipinski definition) is 1. The topological polar surface area (TPSA) is 37.3 Å². The fraction of sp³-hybridized carbons (Fsp3) is 0.278. The number of carboxylic acid groups (broad SMARTS) is 1. The van der Waals surface area contributed by atoms with E-state index >= 15 is 0 Å². The van der Waals surface area contributed by atoms with E-state index < -0.39 is 11.9 Å². The molecule has 2 aromatic rings. The third-order valence-corrected chi connectivity index (χ3v) is 3.73. The minimum Gasteiger partial charge on any atom is -0.481 e. The van der Waals surface area contributed by atoms with E-state index in [9.17, 15) is 4.79 Å². The van der Waals surface area contributed by atoms with Crippen molar-refractivity contribution in [3.05, 3.63) is 71.3 Å². The maximum Gasteiger partial charge on any atom is 0.310 e. The van der Waals surface area contributed by atoms with Crippen molar-refractivity contribution in [2.75, 3.05) is 0 Å². The quantitative estimate of drug-likeness (QED) is 0.881. The van der Waals surface area contributed by atoms with E-state index in [4.69, 9.17) is 5.11 Å². The molecule has 0 spiro atoms. The van der Waals surface area contributed by atoms with Gasteiger partial charge in [-0.1, -0.05) is 61.5 Å². The van der Waals surface area contributed by atoms with Crippen LogP contribution in [0.15, 0.2) is 54.6 Å². The predicted octanol–water partition coefficient (Wildman–Crippen LogP) is 4.22. The van der Waals surface area contributed by atoms with Gasteiger partial charge in [0, 0.05) is 0 Å². The molecule has 0 saturated heterocycles. The van der Waals surface area contributed by atoms with Gasteiger partial charge in [-0.15, -0.1) is 0 Å². The molecular formula is C18H20O2. The van der Waals surface area contributed by atoms with Crippen LogP contribution in [0.1, 0.15) is 42.4 Å². The van der Waals surface area contributed by atoms with Gasteiger partial charge < -0.3 is 5.11 Å². The van der Waals surface area contributed by atoms with Gasteiger partial charge in [0.2, 0.25) is 0 Å². The fourth-order valence-corrected chi connectivity index (χ4v) is 2.38. The molecule has 0 aliphatic carbocycles. The Balaban J connectivity index is 2.14. The van der Waals surface area contributed by atoms with Crippen LogP contribution in [0.3, 0.4) is 0 Å². The number of hydrogen-bond acceptors (Lipinski definition) is 1. The van der Waals surface area contributed by atoms with E-state index in [1.807, 2.05) is 24.3 Å². The van der Waals surface area contributed by atoms with Gasteiger partial charge in [-0.05, 0) is 36.0 Å². The highest BCUT2D eigenvalue weighted by Gasteiger charge is 2.14. The molecule has 2 heteroatoms. The van der Waals surface area contributed by atoms with Gasteiger partial charge in [-0.25, -0.2) is 0 Å². The first-order chi connectivity index (χ1) is 9.58. The number of carbonyl (C=O) groups is 1. The summed E-state index contributed by atoms with van der Waals surface area (Å²) in [5.41, 5.74) is 3.37. The van der Waals surface area contributed by atoms with Crippen LogP contribution in [-0.4, -0.2) is 11.1 Å². The van der Waals surface area contributed by atoms with Crippen LogP contribution in [0.2, 0.25) is 0 Å². The summed E-state index contributed by atoms with van der Waals surface area (Å²) in [4.78, 5) is 11.1. The van der Waals surface area contributed by atoms with Crippen molar-refractivity contribution in [3.8, 4) is 0 Å². The van der Waals surface area contributed by atoms with E-state index in [1.165, 1.54) is 11.1 Å². The van der Waals surface area contributed by atoms with Crippen molar-refractivity contribution in [3.63, 3.8) is 0 Å². The molecule has 2 nitrogen and oxygen atoms in total. The van der Waals surface area contributed by atoms with E-state index in [1.54, 1.807) is 6.92 Å². The van der Waals surface area contributed by atoms with Crippen LogP contribution < -0.4 is 0 Å². The first-order valence-corrected chi connectivity index (χ1v) is 6.94. The molecule has 0 aromatic heterocycles. The molecular weight excluding hydrogens is 248 g/mol. The lowest BCUT2D eigenvalue weighted by atomic mass is 9.91.